The average molecular weight is 305 g/mol. The minimum absolute atomic E-state index is 0.0500. The molecule has 1 atom stereocenters. The van der Waals surface area contributed by atoms with Crippen molar-refractivity contribution in [2.45, 2.75) is 52.0 Å². The van der Waals surface area contributed by atoms with Crippen molar-refractivity contribution in [3.05, 3.63) is 32.7 Å². The molecule has 1 aliphatic rings. The molecule has 0 bridgehead atoms. The molecule has 2 aromatic heterocycles. The summed E-state index contributed by atoms with van der Waals surface area (Å²) >= 11 is 1.57. The summed E-state index contributed by atoms with van der Waals surface area (Å²) in [5, 5.41) is 2.83. The van der Waals surface area contributed by atoms with Crippen LogP contribution in [0.4, 0.5) is 0 Å². The highest BCUT2D eigenvalue weighted by Crippen LogP contribution is 2.28. The number of hydrogen-bond donors (Lipinski definition) is 1. The predicted octanol–water partition coefficient (Wildman–Crippen LogP) is 2.16. The van der Waals surface area contributed by atoms with Crippen LogP contribution in [0.5, 0.6) is 0 Å². The number of nitrogens with zero attached hydrogens (tertiary/aromatic N) is 2. The van der Waals surface area contributed by atoms with Crippen molar-refractivity contribution >= 4 is 22.2 Å². The van der Waals surface area contributed by atoms with Gasteiger partial charge in [-0.1, -0.05) is 6.92 Å². The summed E-state index contributed by atoms with van der Waals surface area (Å²) in [6.07, 6.45) is 6.41. The maximum absolute atomic E-state index is 12.6. The number of aryl methyl sites for hydroxylation is 2. The van der Waals surface area contributed by atoms with Gasteiger partial charge in [0.25, 0.3) is 11.5 Å². The number of aromatic nitrogens is 2. The van der Waals surface area contributed by atoms with Crippen LogP contribution < -0.4 is 10.9 Å². The third-order valence-corrected chi connectivity index (χ3v) is 5.19. The first-order valence-corrected chi connectivity index (χ1v) is 8.26. The molecule has 0 unspecified atom stereocenters. The molecule has 0 fully saturated rings. The zero-order valence-corrected chi connectivity index (χ0v) is 13.1. The molecule has 2 heterocycles. The summed E-state index contributed by atoms with van der Waals surface area (Å²) in [5.41, 5.74) is 0.955. The Morgan fingerprint density at radius 1 is 1.48 bits per heavy atom. The van der Waals surface area contributed by atoms with Gasteiger partial charge in [0.05, 0.1) is 0 Å². The first-order chi connectivity index (χ1) is 10.1. The first kappa shape index (κ1) is 14.3. The van der Waals surface area contributed by atoms with E-state index in [4.69, 9.17) is 0 Å². The third-order valence-electron chi connectivity index (χ3n) is 4.04. The Labute approximate surface area is 127 Å². The Morgan fingerprint density at radius 3 is 3.00 bits per heavy atom. The van der Waals surface area contributed by atoms with E-state index in [-0.39, 0.29) is 23.1 Å². The van der Waals surface area contributed by atoms with Crippen molar-refractivity contribution < 1.29 is 4.79 Å². The summed E-state index contributed by atoms with van der Waals surface area (Å²) in [7, 11) is 0. The molecule has 1 aliphatic carbocycles. The molecule has 0 aromatic carbocycles. The number of amides is 1. The van der Waals surface area contributed by atoms with Crippen LogP contribution in [0.1, 0.15) is 54.0 Å². The number of thiazole rings is 1. The SMILES string of the molecule is CC[C@H](C)NC(=O)c1cnc2sc3c(n2c1=O)CCCC3. The standard InChI is InChI=1S/C15H19N3O2S/c1-3-9(2)17-13(19)10-8-16-15-18(14(10)20)11-6-4-5-7-12(11)21-15/h8-9H,3-7H2,1-2H3,(H,17,19)/t9-/m0/s1. The van der Waals surface area contributed by atoms with Crippen LogP contribution in [0.15, 0.2) is 11.0 Å². The monoisotopic (exact) mass is 305 g/mol. The van der Waals surface area contributed by atoms with Crippen molar-refractivity contribution in [1.82, 2.24) is 14.7 Å². The molecule has 112 valence electrons. The molecule has 5 nitrogen and oxygen atoms in total. The van der Waals surface area contributed by atoms with E-state index >= 15 is 0 Å². The molecule has 2 aromatic rings. The molecule has 0 saturated carbocycles. The highest BCUT2D eigenvalue weighted by molar-refractivity contribution is 7.17. The van der Waals surface area contributed by atoms with Crippen LogP contribution in [0, 0.1) is 0 Å². The second-order valence-electron chi connectivity index (χ2n) is 5.56. The molecule has 3 rings (SSSR count). The molecule has 1 amide bonds. The van der Waals surface area contributed by atoms with Gasteiger partial charge in [0.1, 0.15) is 5.56 Å². The smallest absolute Gasteiger partial charge is 0.271 e. The van der Waals surface area contributed by atoms with Crippen molar-refractivity contribution in [3.63, 3.8) is 0 Å². The van der Waals surface area contributed by atoms with Gasteiger partial charge in [0.2, 0.25) is 0 Å². The fraction of sp³-hybridized carbons (Fsp3) is 0.533. The fourth-order valence-corrected chi connectivity index (χ4v) is 3.80. The Bertz CT molecular complexity index is 747. The lowest BCUT2D eigenvalue weighted by atomic mass is 10.0. The predicted molar refractivity (Wildman–Crippen MR) is 83.2 cm³/mol. The zero-order chi connectivity index (χ0) is 15.0. The van der Waals surface area contributed by atoms with Gasteiger partial charge in [-0.25, -0.2) is 4.98 Å². The van der Waals surface area contributed by atoms with Gasteiger partial charge in [-0.15, -0.1) is 11.3 Å². The molecule has 0 aliphatic heterocycles. The molecular weight excluding hydrogens is 286 g/mol. The van der Waals surface area contributed by atoms with Crippen LogP contribution in [-0.2, 0) is 12.8 Å². The highest BCUT2D eigenvalue weighted by atomic mass is 32.1. The third kappa shape index (κ3) is 2.48. The van der Waals surface area contributed by atoms with E-state index in [1.54, 1.807) is 15.7 Å². The van der Waals surface area contributed by atoms with Crippen molar-refractivity contribution in [3.8, 4) is 0 Å². The van der Waals surface area contributed by atoms with Gasteiger partial charge >= 0.3 is 0 Å². The van der Waals surface area contributed by atoms with E-state index in [2.05, 4.69) is 10.3 Å². The Balaban J connectivity index is 2.07. The Morgan fingerprint density at radius 2 is 2.24 bits per heavy atom. The van der Waals surface area contributed by atoms with E-state index < -0.39 is 0 Å². The van der Waals surface area contributed by atoms with E-state index in [9.17, 15) is 9.59 Å². The first-order valence-electron chi connectivity index (χ1n) is 7.45. The summed E-state index contributed by atoms with van der Waals surface area (Å²) in [6.45, 7) is 3.92. The van der Waals surface area contributed by atoms with Gasteiger partial charge in [0.15, 0.2) is 4.96 Å². The second kappa shape index (κ2) is 5.60. The molecular formula is C15H19N3O2S. The number of carbonyl (C=O) groups excluding carboxylic acids is 1. The normalized spacial score (nSPS) is 15.7. The van der Waals surface area contributed by atoms with Gasteiger partial charge in [-0.3, -0.25) is 14.0 Å². The summed E-state index contributed by atoms with van der Waals surface area (Å²) in [5.74, 6) is -0.327. The van der Waals surface area contributed by atoms with Gasteiger partial charge in [-0.2, -0.15) is 0 Å². The fourth-order valence-electron chi connectivity index (χ4n) is 2.63. The molecule has 1 N–H and O–H groups in total. The molecule has 0 radical (unpaired) electrons. The molecule has 21 heavy (non-hydrogen) atoms. The van der Waals surface area contributed by atoms with E-state index in [0.29, 0.717) is 4.96 Å². The van der Waals surface area contributed by atoms with Gasteiger partial charge in [-0.05, 0) is 39.0 Å². The van der Waals surface area contributed by atoms with Crippen LogP contribution in [0.2, 0.25) is 0 Å². The average Bonchev–Trinajstić information content (AvgIpc) is 2.86. The van der Waals surface area contributed by atoms with Crippen molar-refractivity contribution in [2.75, 3.05) is 0 Å². The lowest BCUT2D eigenvalue weighted by Crippen LogP contribution is -2.36. The van der Waals surface area contributed by atoms with Crippen LogP contribution in [-0.4, -0.2) is 21.3 Å². The van der Waals surface area contributed by atoms with Crippen LogP contribution >= 0.6 is 11.3 Å². The topological polar surface area (TPSA) is 63.5 Å². The van der Waals surface area contributed by atoms with Crippen molar-refractivity contribution in [1.29, 1.82) is 0 Å². The van der Waals surface area contributed by atoms with Crippen molar-refractivity contribution in [2.24, 2.45) is 0 Å². The molecule has 6 heteroatoms. The summed E-state index contributed by atoms with van der Waals surface area (Å²) in [6, 6.07) is 0.0500. The van der Waals surface area contributed by atoms with E-state index in [0.717, 1.165) is 37.8 Å². The quantitative estimate of drug-likeness (QED) is 0.945. The molecule has 0 saturated heterocycles. The largest absolute Gasteiger partial charge is 0.349 e. The maximum atomic E-state index is 12.6. The number of nitrogens with one attached hydrogen (secondary N) is 1. The van der Waals surface area contributed by atoms with Gasteiger partial charge in [0, 0.05) is 22.8 Å². The zero-order valence-electron chi connectivity index (χ0n) is 12.3. The maximum Gasteiger partial charge on any atom is 0.271 e. The number of hydrogen-bond acceptors (Lipinski definition) is 4. The number of carbonyl (C=O) groups is 1. The van der Waals surface area contributed by atoms with Crippen LogP contribution in [0.25, 0.3) is 4.96 Å². The van der Waals surface area contributed by atoms with Crippen LogP contribution in [0.3, 0.4) is 0 Å². The van der Waals surface area contributed by atoms with E-state index in [1.165, 1.54) is 11.1 Å². The Hall–Kier alpha value is -1.69. The minimum Gasteiger partial charge on any atom is -0.349 e. The highest BCUT2D eigenvalue weighted by Gasteiger charge is 2.21. The number of fused-ring (bicyclic) bond motifs is 3. The minimum atomic E-state index is -0.327. The number of rotatable bonds is 3. The lowest BCUT2D eigenvalue weighted by molar-refractivity contribution is 0.0937. The van der Waals surface area contributed by atoms with Gasteiger partial charge < -0.3 is 5.32 Å². The molecule has 0 spiro atoms. The summed E-state index contributed by atoms with van der Waals surface area (Å²) in [4.78, 5) is 31.1. The summed E-state index contributed by atoms with van der Waals surface area (Å²) < 4.78 is 1.64. The second-order valence-corrected chi connectivity index (χ2v) is 6.62. The van der Waals surface area contributed by atoms with E-state index in [1.807, 2.05) is 13.8 Å². The lowest BCUT2D eigenvalue weighted by Gasteiger charge is -2.12. The Kier molecular flexibility index (Phi) is 3.80.